The van der Waals surface area contributed by atoms with Crippen molar-refractivity contribution in [3.63, 3.8) is 0 Å². The number of halogens is 1. The third-order valence-electron chi connectivity index (χ3n) is 3.82. The van der Waals surface area contributed by atoms with E-state index in [1.807, 2.05) is 6.92 Å². The van der Waals surface area contributed by atoms with Crippen molar-refractivity contribution in [3.8, 4) is 11.1 Å². The van der Waals surface area contributed by atoms with Crippen LogP contribution in [0.15, 0.2) is 48.0 Å². The third-order valence-corrected chi connectivity index (χ3v) is 4.75. The predicted molar refractivity (Wildman–Crippen MR) is 114 cm³/mol. The standard InChI is InChI=1S/C20H20FN5O2S/c1-5-22-19(27)25-20-24-17-8-14(15(21)9-18(17)29-20)13-6-7-16(23-10-13)12(4)26-28-11(2)3/h6-10H,2,5H2,1,3-4H3,(H2,22,24,25,27)/b26-12+. The molecule has 0 saturated carbocycles. The number of hydrogen-bond acceptors (Lipinski definition) is 6. The van der Waals surface area contributed by atoms with E-state index in [4.69, 9.17) is 4.84 Å². The van der Waals surface area contributed by atoms with E-state index in [-0.39, 0.29) is 6.03 Å². The van der Waals surface area contributed by atoms with Crippen LogP contribution in [0.2, 0.25) is 0 Å². The summed E-state index contributed by atoms with van der Waals surface area (Å²) in [6.07, 6.45) is 1.57. The number of hydrogen-bond donors (Lipinski definition) is 2. The van der Waals surface area contributed by atoms with Crippen LogP contribution < -0.4 is 10.6 Å². The van der Waals surface area contributed by atoms with Crippen LogP contribution in [0.25, 0.3) is 21.3 Å². The minimum Gasteiger partial charge on any atom is -0.362 e. The summed E-state index contributed by atoms with van der Waals surface area (Å²) in [4.78, 5) is 25.4. The summed E-state index contributed by atoms with van der Waals surface area (Å²) < 4.78 is 15.3. The van der Waals surface area contributed by atoms with E-state index in [2.05, 4.69) is 32.3 Å². The van der Waals surface area contributed by atoms with Gasteiger partial charge < -0.3 is 10.2 Å². The molecule has 0 radical (unpaired) electrons. The van der Waals surface area contributed by atoms with Gasteiger partial charge in [0.1, 0.15) is 17.3 Å². The van der Waals surface area contributed by atoms with Crippen molar-refractivity contribution in [2.24, 2.45) is 5.16 Å². The number of benzene rings is 1. The minimum absolute atomic E-state index is 0.347. The molecule has 0 spiro atoms. The highest BCUT2D eigenvalue weighted by Gasteiger charge is 2.13. The summed E-state index contributed by atoms with van der Waals surface area (Å²) in [5, 5.41) is 9.60. The Balaban J connectivity index is 1.87. The Morgan fingerprint density at radius 1 is 1.34 bits per heavy atom. The van der Waals surface area contributed by atoms with Crippen LogP contribution in [0.1, 0.15) is 26.5 Å². The van der Waals surface area contributed by atoms with E-state index in [0.717, 1.165) is 0 Å². The Hall–Kier alpha value is -3.33. The second-order valence-corrected chi connectivity index (χ2v) is 7.24. The van der Waals surface area contributed by atoms with Gasteiger partial charge in [-0.05, 0) is 39.0 Å². The van der Waals surface area contributed by atoms with Gasteiger partial charge in [-0.2, -0.15) is 0 Å². The van der Waals surface area contributed by atoms with Crippen molar-refractivity contribution >= 4 is 38.4 Å². The number of aromatic nitrogens is 2. The number of allylic oxidation sites excluding steroid dienone is 1. The van der Waals surface area contributed by atoms with Crippen LogP contribution in [0, 0.1) is 5.82 Å². The highest BCUT2D eigenvalue weighted by Crippen LogP contribution is 2.32. The molecular formula is C20H20FN5O2S. The number of urea groups is 1. The molecule has 3 rings (SSSR count). The summed E-state index contributed by atoms with van der Waals surface area (Å²) in [5.74, 6) is 0.0805. The summed E-state index contributed by atoms with van der Waals surface area (Å²) in [5.41, 5.74) is 2.76. The Morgan fingerprint density at radius 2 is 2.14 bits per heavy atom. The Morgan fingerprint density at radius 3 is 2.79 bits per heavy atom. The topological polar surface area (TPSA) is 88.5 Å². The van der Waals surface area contributed by atoms with E-state index in [1.165, 1.54) is 17.4 Å². The van der Waals surface area contributed by atoms with E-state index < -0.39 is 5.82 Å². The molecule has 2 N–H and O–H groups in total. The maximum atomic E-state index is 14.7. The molecule has 150 valence electrons. The Labute approximate surface area is 171 Å². The molecule has 2 aromatic heterocycles. The SMILES string of the molecule is C=C(C)O/N=C(\C)c1ccc(-c2cc3nc(NC(=O)NCC)sc3cc2F)cn1. The lowest BCUT2D eigenvalue weighted by Crippen LogP contribution is -2.28. The van der Waals surface area contributed by atoms with E-state index >= 15 is 0 Å². The average Bonchev–Trinajstić information content (AvgIpc) is 3.06. The minimum atomic E-state index is -0.392. The molecule has 0 saturated heterocycles. The van der Waals surface area contributed by atoms with Crippen molar-refractivity contribution in [2.45, 2.75) is 20.8 Å². The van der Waals surface area contributed by atoms with Crippen LogP contribution in [0.5, 0.6) is 0 Å². The number of nitrogens with zero attached hydrogens (tertiary/aromatic N) is 3. The zero-order valence-corrected chi connectivity index (χ0v) is 17.1. The van der Waals surface area contributed by atoms with E-state index in [0.29, 0.717) is 50.2 Å². The molecule has 29 heavy (non-hydrogen) atoms. The molecule has 1 aromatic carbocycles. The quantitative estimate of drug-likeness (QED) is 0.341. The number of carbonyl (C=O) groups is 1. The Bertz CT molecular complexity index is 1090. The molecule has 0 fully saturated rings. The van der Waals surface area contributed by atoms with Crippen LogP contribution in [-0.4, -0.2) is 28.3 Å². The molecule has 0 bridgehead atoms. The average molecular weight is 413 g/mol. The van der Waals surface area contributed by atoms with Crippen molar-refractivity contribution in [3.05, 3.63) is 54.3 Å². The first kappa shape index (κ1) is 20.4. The number of carbonyl (C=O) groups excluding carboxylic acids is 1. The van der Waals surface area contributed by atoms with Crippen LogP contribution >= 0.6 is 11.3 Å². The zero-order chi connectivity index (χ0) is 21.0. The smallest absolute Gasteiger partial charge is 0.321 e. The number of fused-ring (bicyclic) bond motifs is 1. The molecular weight excluding hydrogens is 393 g/mol. The first-order valence-corrected chi connectivity index (χ1v) is 9.68. The van der Waals surface area contributed by atoms with Gasteiger partial charge >= 0.3 is 6.03 Å². The first-order chi connectivity index (χ1) is 13.9. The number of rotatable bonds is 6. The summed E-state index contributed by atoms with van der Waals surface area (Å²) in [7, 11) is 0. The summed E-state index contributed by atoms with van der Waals surface area (Å²) in [6.45, 7) is 9.39. The zero-order valence-electron chi connectivity index (χ0n) is 16.2. The van der Waals surface area contributed by atoms with E-state index in [9.17, 15) is 9.18 Å². The fourth-order valence-electron chi connectivity index (χ4n) is 2.49. The molecule has 2 amide bonds. The van der Waals surface area contributed by atoms with Gasteiger partial charge in [-0.3, -0.25) is 10.3 Å². The molecule has 7 nitrogen and oxygen atoms in total. The lowest BCUT2D eigenvalue weighted by atomic mass is 10.1. The van der Waals surface area contributed by atoms with Gasteiger partial charge in [-0.15, -0.1) is 0 Å². The number of amides is 2. The van der Waals surface area contributed by atoms with Crippen LogP contribution in [0.4, 0.5) is 14.3 Å². The number of oxime groups is 1. The largest absolute Gasteiger partial charge is 0.362 e. The molecule has 0 aliphatic heterocycles. The maximum absolute atomic E-state index is 14.7. The van der Waals surface area contributed by atoms with Crippen molar-refractivity contribution < 1.29 is 14.0 Å². The van der Waals surface area contributed by atoms with Crippen LogP contribution in [0.3, 0.4) is 0 Å². The highest BCUT2D eigenvalue weighted by atomic mass is 32.1. The van der Waals surface area contributed by atoms with Gasteiger partial charge in [-0.25, -0.2) is 14.2 Å². The van der Waals surface area contributed by atoms with Gasteiger partial charge in [0.05, 0.1) is 15.9 Å². The predicted octanol–water partition coefficient (Wildman–Crippen LogP) is 4.91. The highest BCUT2D eigenvalue weighted by molar-refractivity contribution is 7.22. The summed E-state index contributed by atoms with van der Waals surface area (Å²) >= 11 is 1.21. The van der Waals surface area contributed by atoms with Gasteiger partial charge in [-0.1, -0.05) is 29.1 Å². The molecule has 0 aliphatic carbocycles. The number of nitrogens with one attached hydrogen (secondary N) is 2. The molecule has 0 atom stereocenters. The van der Waals surface area contributed by atoms with Gasteiger partial charge in [0.25, 0.3) is 0 Å². The third kappa shape index (κ3) is 4.94. The fraction of sp³-hybridized carbons (Fsp3) is 0.200. The molecule has 0 aliphatic rings. The maximum Gasteiger partial charge on any atom is 0.321 e. The number of thiazole rings is 1. The van der Waals surface area contributed by atoms with Crippen molar-refractivity contribution in [2.75, 3.05) is 11.9 Å². The lowest BCUT2D eigenvalue weighted by molar-refractivity contribution is 0.231. The Kier molecular flexibility index (Phi) is 6.18. The lowest BCUT2D eigenvalue weighted by Gasteiger charge is -2.05. The van der Waals surface area contributed by atoms with Gasteiger partial charge in [0.2, 0.25) is 0 Å². The van der Waals surface area contributed by atoms with Crippen molar-refractivity contribution in [1.29, 1.82) is 0 Å². The van der Waals surface area contributed by atoms with Crippen molar-refractivity contribution in [1.82, 2.24) is 15.3 Å². The monoisotopic (exact) mass is 413 g/mol. The molecule has 9 heteroatoms. The molecule has 2 heterocycles. The van der Waals surface area contributed by atoms with Crippen LogP contribution in [-0.2, 0) is 4.84 Å². The van der Waals surface area contributed by atoms with Gasteiger partial charge in [0.15, 0.2) is 5.13 Å². The normalized spacial score (nSPS) is 11.4. The second-order valence-electron chi connectivity index (χ2n) is 6.21. The molecule has 0 unspecified atom stereocenters. The van der Waals surface area contributed by atoms with E-state index in [1.54, 1.807) is 38.2 Å². The fourth-order valence-corrected chi connectivity index (χ4v) is 3.35. The van der Waals surface area contributed by atoms with Gasteiger partial charge in [0, 0.05) is 23.9 Å². The second kappa shape index (κ2) is 8.78. The summed E-state index contributed by atoms with van der Waals surface area (Å²) in [6, 6.07) is 6.20. The number of anilines is 1. The first-order valence-electron chi connectivity index (χ1n) is 8.86. The molecule has 3 aromatic rings. The number of pyridine rings is 1.